The van der Waals surface area contributed by atoms with Gasteiger partial charge in [0.05, 0.1) is 11.0 Å². The number of anilines is 1. The van der Waals surface area contributed by atoms with Crippen LogP contribution < -0.4 is 4.90 Å². The lowest BCUT2D eigenvalue weighted by molar-refractivity contribution is 0.555. The number of fused-ring (bicyclic) bond motifs is 1. The Morgan fingerprint density at radius 1 is 1.25 bits per heavy atom. The summed E-state index contributed by atoms with van der Waals surface area (Å²) in [5, 5.41) is 0. The van der Waals surface area contributed by atoms with Gasteiger partial charge in [0.1, 0.15) is 18.0 Å². The maximum absolute atomic E-state index is 4.32. The number of hydrogen-bond donors (Lipinski definition) is 0. The second-order valence-corrected chi connectivity index (χ2v) is 4.51. The van der Waals surface area contributed by atoms with Crippen molar-refractivity contribution in [2.75, 3.05) is 11.4 Å². The van der Waals surface area contributed by atoms with Crippen LogP contribution in [0.4, 0.5) is 5.82 Å². The fourth-order valence-electron chi connectivity index (χ4n) is 1.89. The lowest BCUT2D eigenvalue weighted by Crippen LogP contribution is -2.34. The van der Waals surface area contributed by atoms with E-state index in [1.165, 1.54) is 0 Å². The van der Waals surface area contributed by atoms with E-state index in [1.54, 1.807) is 12.5 Å². The van der Waals surface area contributed by atoms with Crippen LogP contribution in [-0.4, -0.2) is 26.1 Å². The van der Waals surface area contributed by atoms with E-state index in [1.807, 2.05) is 12.4 Å². The van der Waals surface area contributed by atoms with Gasteiger partial charge in [-0.05, 0) is 15.9 Å². The molecule has 0 saturated heterocycles. The molecule has 16 heavy (non-hydrogen) atoms. The van der Waals surface area contributed by atoms with Crippen molar-refractivity contribution < 1.29 is 0 Å². The van der Waals surface area contributed by atoms with Gasteiger partial charge in [0, 0.05) is 31.7 Å². The van der Waals surface area contributed by atoms with E-state index in [2.05, 4.69) is 40.3 Å². The van der Waals surface area contributed by atoms with E-state index in [-0.39, 0.29) is 0 Å². The average molecular weight is 280 g/mol. The van der Waals surface area contributed by atoms with Crippen LogP contribution in [0.5, 0.6) is 0 Å². The van der Waals surface area contributed by atoms with Crippen molar-refractivity contribution in [2.45, 2.75) is 13.1 Å². The van der Waals surface area contributed by atoms with Crippen LogP contribution in [0.25, 0.3) is 0 Å². The fraction of sp³-hybridized carbons (Fsp3) is 0.300. The van der Waals surface area contributed by atoms with Gasteiger partial charge in [-0.1, -0.05) is 0 Å². The molecule has 82 valence electrons. The molecule has 0 aromatic carbocycles. The molecule has 1 aliphatic heterocycles. The quantitative estimate of drug-likeness (QED) is 0.793. The molecular formula is C10H10BrN5. The summed E-state index contributed by atoms with van der Waals surface area (Å²) in [7, 11) is 0. The second kappa shape index (κ2) is 3.86. The van der Waals surface area contributed by atoms with Gasteiger partial charge in [-0.15, -0.1) is 0 Å². The topological polar surface area (TPSA) is 46.8 Å². The number of nitrogens with zero attached hydrogens (tertiary/aromatic N) is 5. The molecule has 0 N–H and O–H groups in total. The van der Waals surface area contributed by atoms with Crippen molar-refractivity contribution in [1.29, 1.82) is 0 Å². The van der Waals surface area contributed by atoms with E-state index in [0.29, 0.717) is 0 Å². The Hall–Kier alpha value is -1.43. The number of aromatic nitrogens is 4. The van der Waals surface area contributed by atoms with Crippen LogP contribution in [0.1, 0.15) is 5.82 Å². The molecule has 3 heterocycles. The van der Waals surface area contributed by atoms with Crippen molar-refractivity contribution in [3.63, 3.8) is 0 Å². The lowest BCUT2D eigenvalue weighted by Gasteiger charge is -2.28. The first kappa shape index (κ1) is 9.77. The van der Waals surface area contributed by atoms with E-state index < -0.39 is 0 Å². The Morgan fingerprint density at radius 2 is 2.19 bits per heavy atom. The minimum Gasteiger partial charge on any atom is -0.346 e. The van der Waals surface area contributed by atoms with Gasteiger partial charge in [-0.3, -0.25) is 0 Å². The molecule has 0 atom stereocenters. The van der Waals surface area contributed by atoms with Gasteiger partial charge in [0.15, 0.2) is 0 Å². The minimum absolute atomic E-state index is 0.794. The Morgan fingerprint density at radius 3 is 3.06 bits per heavy atom. The SMILES string of the molecule is Brc1cncnc1N1CCn2ccnc2C1. The summed E-state index contributed by atoms with van der Waals surface area (Å²) >= 11 is 3.47. The molecule has 1 aliphatic rings. The Bertz CT molecular complexity index is 509. The Labute approximate surface area is 101 Å². The van der Waals surface area contributed by atoms with Crippen molar-refractivity contribution in [1.82, 2.24) is 19.5 Å². The average Bonchev–Trinajstić information content (AvgIpc) is 2.76. The Balaban J connectivity index is 1.92. The monoisotopic (exact) mass is 279 g/mol. The van der Waals surface area contributed by atoms with Gasteiger partial charge in [-0.25, -0.2) is 15.0 Å². The zero-order valence-electron chi connectivity index (χ0n) is 8.54. The van der Waals surface area contributed by atoms with Crippen LogP contribution in [0.3, 0.4) is 0 Å². The van der Waals surface area contributed by atoms with Crippen molar-refractivity contribution in [3.05, 3.63) is 35.2 Å². The molecule has 0 fully saturated rings. The summed E-state index contributed by atoms with van der Waals surface area (Å²) in [5.74, 6) is 2.01. The lowest BCUT2D eigenvalue weighted by atomic mass is 10.3. The predicted molar refractivity (Wildman–Crippen MR) is 63.0 cm³/mol. The first-order chi connectivity index (χ1) is 7.84. The number of hydrogen-bond acceptors (Lipinski definition) is 4. The molecule has 6 heteroatoms. The first-order valence-corrected chi connectivity index (χ1v) is 5.84. The smallest absolute Gasteiger partial charge is 0.146 e. The summed E-state index contributed by atoms with van der Waals surface area (Å²) in [4.78, 5) is 14.8. The fourth-order valence-corrected chi connectivity index (χ4v) is 2.36. The standard InChI is InChI=1S/C10H10BrN5/c11-8-5-12-7-14-10(8)16-4-3-15-2-1-13-9(15)6-16/h1-2,5,7H,3-4,6H2. The highest BCUT2D eigenvalue weighted by atomic mass is 79.9. The van der Waals surface area contributed by atoms with Crippen LogP contribution in [-0.2, 0) is 13.1 Å². The summed E-state index contributed by atoms with van der Waals surface area (Å²) in [5.41, 5.74) is 0. The molecule has 2 aromatic heterocycles. The molecular weight excluding hydrogens is 270 g/mol. The molecule has 0 aliphatic carbocycles. The van der Waals surface area contributed by atoms with E-state index in [0.717, 1.165) is 35.7 Å². The molecule has 0 saturated carbocycles. The zero-order chi connectivity index (χ0) is 11.0. The Kier molecular flexibility index (Phi) is 2.36. The number of halogens is 1. The van der Waals surface area contributed by atoms with Gasteiger partial charge < -0.3 is 9.47 Å². The van der Waals surface area contributed by atoms with Gasteiger partial charge in [0.25, 0.3) is 0 Å². The predicted octanol–water partition coefficient (Wildman–Crippen LogP) is 1.46. The van der Waals surface area contributed by atoms with Crippen molar-refractivity contribution >= 4 is 21.7 Å². The maximum Gasteiger partial charge on any atom is 0.146 e. The largest absolute Gasteiger partial charge is 0.346 e. The normalized spacial score (nSPS) is 14.9. The molecule has 2 aromatic rings. The molecule has 3 rings (SSSR count). The second-order valence-electron chi connectivity index (χ2n) is 3.65. The highest BCUT2D eigenvalue weighted by molar-refractivity contribution is 9.10. The maximum atomic E-state index is 4.32. The molecule has 0 unspecified atom stereocenters. The molecule has 0 radical (unpaired) electrons. The van der Waals surface area contributed by atoms with Crippen molar-refractivity contribution in [2.24, 2.45) is 0 Å². The highest BCUT2D eigenvalue weighted by Gasteiger charge is 2.19. The van der Waals surface area contributed by atoms with Crippen molar-refractivity contribution in [3.8, 4) is 0 Å². The molecule has 0 amide bonds. The summed E-state index contributed by atoms with van der Waals surface area (Å²) in [6.45, 7) is 2.69. The number of rotatable bonds is 1. The number of imidazole rings is 1. The van der Waals surface area contributed by atoms with Crippen LogP contribution >= 0.6 is 15.9 Å². The zero-order valence-corrected chi connectivity index (χ0v) is 10.1. The summed E-state index contributed by atoms with van der Waals surface area (Å²) in [6.07, 6.45) is 7.19. The van der Waals surface area contributed by atoms with Gasteiger partial charge >= 0.3 is 0 Å². The minimum atomic E-state index is 0.794. The molecule has 5 nitrogen and oxygen atoms in total. The van der Waals surface area contributed by atoms with E-state index >= 15 is 0 Å². The molecule has 0 bridgehead atoms. The first-order valence-electron chi connectivity index (χ1n) is 5.05. The van der Waals surface area contributed by atoms with Crippen LogP contribution in [0.15, 0.2) is 29.4 Å². The third-order valence-corrected chi connectivity index (χ3v) is 3.25. The third kappa shape index (κ3) is 1.59. The molecule has 0 spiro atoms. The summed E-state index contributed by atoms with van der Waals surface area (Å²) < 4.78 is 3.10. The highest BCUT2D eigenvalue weighted by Crippen LogP contribution is 2.25. The van der Waals surface area contributed by atoms with Crippen LogP contribution in [0.2, 0.25) is 0 Å². The summed E-state index contributed by atoms with van der Waals surface area (Å²) in [6, 6.07) is 0. The van der Waals surface area contributed by atoms with Gasteiger partial charge in [0.2, 0.25) is 0 Å². The van der Waals surface area contributed by atoms with E-state index in [9.17, 15) is 0 Å². The van der Waals surface area contributed by atoms with Crippen LogP contribution in [0, 0.1) is 0 Å². The third-order valence-electron chi connectivity index (χ3n) is 2.69. The van der Waals surface area contributed by atoms with E-state index in [4.69, 9.17) is 0 Å². The van der Waals surface area contributed by atoms with Gasteiger partial charge in [-0.2, -0.15) is 0 Å².